The van der Waals surface area contributed by atoms with E-state index < -0.39 is 0 Å². The molecular weight excluding hydrogens is 176 g/mol. The number of pyridine rings is 1. The Morgan fingerprint density at radius 3 is 2.86 bits per heavy atom. The molecule has 0 saturated carbocycles. The SMILES string of the molecule is CC(C#N)CN(C)c1ccc(N)cn1. The lowest BCUT2D eigenvalue weighted by atomic mass is 10.2. The maximum atomic E-state index is 8.66. The van der Waals surface area contributed by atoms with Gasteiger partial charge >= 0.3 is 0 Å². The van der Waals surface area contributed by atoms with Crippen molar-refractivity contribution >= 4 is 11.5 Å². The smallest absolute Gasteiger partial charge is 0.128 e. The topological polar surface area (TPSA) is 65.9 Å². The van der Waals surface area contributed by atoms with E-state index in [1.54, 1.807) is 12.3 Å². The van der Waals surface area contributed by atoms with E-state index in [0.717, 1.165) is 5.82 Å². The zero-order valence-corrected chi connectivity index (χ0v) is 8.44. The van der Waals surface area contributed by atoms with Crippen molar-refractivity contribution in [2.45, 2.75) is 6.92 Å². The Bertz CT molecular complexity index is 325. The van der Waals surface area contributed by atoms with Gasteiger partial charge in [-0.3, -0.25) is 0 Å². The Balaban J connectivity index is 2.66. The van der Waals surface area contributed by atoms with Crippen LogP contribution in [0, 0.1) is 17.2 Å². The third-order valence-corrected chi connectivity index (χ3v) is 1.93. The van der Waals surface area contributed by atoms with E-state index in [-0.39, 0.29) is 5.92 Å². The molecule has 0 aliphatic rings. The minimum Gasteiger partial charge on any atom is -0.397 e. The fourth-order valence-corrected chi connectivity index (χ4v) is 1.17. The third-order valence-electron chi connectivity index (χ3n) is 1.93. The molecular formula is C10H14N4. The Morgan fingerprint density at radius 1 is 1.64 bits per heavy atom. The van der Waals surface area contributed by atoms with Gasteiger partial charge in [0.1, 0.15) is 5.82 Å². The van der Waals surface area contributed by atoms with Crippen LogP contribution in [0.1, 0.15) is 6.92 Å². The van der Waals surface area contributed by atoms with Crippen LogP contribution in [0.2, 0.25) is 0 Å². The van der Waals surface area contributed by atoms with Gasteiger partial charge in [0, 0.05) is 13.6 Å². The molecule has 1 unspecified atom stereocenters. The summed E-state index contributed by atoms with van der Waals surface area (Å²) in [7, 11) is 1.91. The summed E-state index contributed by atoms with van der Waals surface area (Å²) >= 11 is 0. The molecule has 1 aromatic rings. The van der Waals surface area contributed by atoms with Gasteiger partial charge in [0.2, 0.25) is 0 Å². The standard InChI is InChI=1S/C10H14N4/c1-8(5-11)7-14(2)10-4-3-9(12)6-13-10/h3-4,6,8H,7,12H2,1-2H3. The predicted octanol–water partition coefficient (Wildman–Crippen LogP) is 1.26. The number of anilines is 2. The van der Waals surface area contributed by atoms with E-state index in [2.05, 4.69) is 11.1 Å². The summed E-state index contributed by atoms with van der Waals surface area (Å²) in [6.45, 7) is 2.56. The number of rotatable bonds is 3. The lowest BCUT2D eigenvalue weighted by Gasteiger charge is -2.18. The first-order valence-corrected chi connectivity index (χ1v) is 4.45. The van der Waals surface area contributed by atoms with Crippen molar-refractivity contribution in [2.75, 3.05) is 24.2 Å². The molecule has 0 aliphatic heterocycles. The first-order chi connectivity index (χ1) is 6.63. The van der Waals surface area contributed by atoms with Gasteiger partial charge < -0.3 is 10.6 Å². The maximum Gasteiger partial charge on any atom is 0.128 e. The molecule has 0 fully saturated rings. The first kappa shape index (κ1) is 10.3. The Kier molecular flexibility index (Phi) is 3.29. The molecule has 2 N–H and O–H groups in total. The van der Waals surface area contributed by atoms with Gasteiger partial charge in [0.15, 0.2) is 0 Å². The number of nitriles is 1. The molecule has 0 aliphatic carbocycles. The molecule has 1 aromatic heterocycles. The zero-order chi connectivity index (χ0) is 10.6. The van der Waals surface area contributed by atoms with E-state index >= 15 is 0 Å². The van der Waals surface area contributed by atoms with E-state index in [9.17, 15) is 0 Å². The van der Waals surface area contributed by atoms with E-state index in [1.165, 1.54) is 0 Å². The molecule has 1 atom stereocenters. The van der Waals surface area contributed by atoms with Crippen molar-refractivity contribution in [2.24, 2.45) is 5.92 Å². The molecule has 1 heterocycles. The second-order valence-electron chi connectivity index (χ2n) is 3.36. The Morgan fingerprint density at radius 2 is 2.36 bits per heavy atom. The van der Waals surface area contributed by atoms with Gasteiger partial charge in [-0.05, 0) is 19.1 Å². The highest BCUT2D eigenvalue weighted by atomic mass is 15.2. The molecule has 14 heavy (non-hydrogen) atoms. The number of nitrogen functional groups attached to an aromatic ring is 1. The quantitative estimate of drug-likeness (QED) is 0.779. The highest BCUT2D eigenvalue weighted by molar-refractivity contribution is 5.45. The minimum atomic E-state index is -0.000599. The van der Waals surface area contributed by atoms with Gasteiger partial charge in [-0.2, -0.15) is 5.26 Å². The zero-order valence-electron chi connectivity index (χ0n) is 8.44. The highest BCUT2D eigenvalue weighted by Crippen LogP contribution is 2.11. The van der Waals surface area contributed by atoms with Gasteiger partial charge in [-0.25, -0.2) is 4.98 Å². The molecule has 0 amide bonds. The average molecular weight is 190 g/mol. The fraction of sp³-hybridized carbons (Fsp3) is 0.400. The van der Waals surface area contributed by atoms with Crippen LogP contribution in [0.4, 0.5) is 11.5 Å². The largest absolute Gasteiger partial charge is 0.397 e. The average Bonchev–Trinajstić information content (AvgIpc) is 2.18. The van der Waals surface area contributed by atoms with Crippen molar-refractivity contribution < 1.29 is 0 Å². The molecule has 1 rings (SSSR count). The molecule has 4 nitrogen and oxygen atoms in total. The molecule has 0 radical (unpaired) electrons. The van der Waals surface area contributed by atoms with E-state index in [0.29, 0.717) is 12.2 Å². The van der Waals surface area contributed by atoms with E-state index in [1.807, 2.05) is 24.9 Å². The summed E-state index contributed by atoms with van der Waals surface area (Å²) < 4.78 is 0. The van der Waals surface area contributed by atoms with Crippen molar-refractivity contribution in [1.29, 1.82) is 5.26 Å². The van der Waals surface area contributed by atoms with Crippen LogP contribution in [-0.4, -0.2) is 18.6 Å². The molecule has 4 heteroatoms. The lowest BCUT2D eigenvalue weighted by molar-refractivity contribution is 0.710. The predicted molar refractivity (Wildman–Crippen MR) is 56.7 cm³/mol. The van der Waals surface area contributed by atoms with Crippen LogP contribution in [0.3, 0.4) is 0 Å². The summed E-state index contributed by atoms with van der Waals surface area (Å²) in [5, 5.41) is 8.66. The number of nitrogens with two attached hydrogens (primary N) is 1. The van der Waals surface area contributed by atoms with Crippen molar-refractivity contribution in [3.8, 4) is 6.07 Å². The van der Waals surface area contributed by atoms with Gasteiger partial charge in [0.05, 0.1) is 23.9 Å². The summed E-state index contributed by atoms with van der Waals surface area (Å²) in [4.78, 5) is 6.09. The summed E-state index contributed by atoms with van der Waals surface area (Å²) in [5.41, 5.74) is 6.17. The molecule has 74 valence electrons. The summed E-state index contributed by atoms with van der Waals surface area (Å²) in [6, 6.07) is 5.83. The molecule has 0 spiro atoms. The normalized spacial score (nSPS) is 11.8. The first-order valence-electron chi connectivity index (χ1n) is 4.45. The van der Waals surface area contributed by atoms with Gasteiger partial charge in [-0.1, -0.05) is 0 Å². The number of hydrogen-bond acceptors (Lipinski definition) is 4. The van der Waals surface area contributed by atoms with Crippen LogP contribution in [0.5, 0.6) is 0 Å². The second-order valence-corrected chi connectivity index (χ2v) is 3.36. The van der Waals surface area contributed by atoms with Crippen molar-refractivity contribution in [1.82, 2.24) is 4.98 Å². The molecule has 0 aromatic carbocycles. The minimum absolute atomic E-state index is 0.000599. The Labute approximate surface area is 84.0 Å². The number of aromatic nitrogens is 1. The van der Waals surface area contributed by atoms with E-state index in [4.69, 9.17) is 11.0 Å². The molecule has 0 bridgehead atoms. The maximum absolute atomic E-state index is 8.66. The summed E-state index contributed by atoms with van der Waals surface area (Å²) in [6.07, 6.45) is 1.61. The fourth-order valence-electron chi connectivity index (χ4n) is 1.17. The second kappa shape index (κ2) is 4.47. The van der Waals surface area contributed by atoms with Crippen LogP contribution in [-0.2, 0) is 0 Å². The van der Waals surface area contributed by atoms with Crippen LogP contribution < -0.4 is 10.6 Å². The van der Waals surface area contributed by atoms with Crippen LogP contribution >= 0.6 is 0 Å². The van der Waals surface area contributed by atoms with Gasteiger partial charge in [-0.15, -0.1) is 0 Å². The Hall–Kier alpha value is -1.76. The molecule has 0 saturated heterocycles. The summed E-state index contributed by atoms with van der Waals surface area (Å²) in [5.74, 6) is 0.834. The monoisotopic (exact) mass is 190 g/mol. The van der Waals surface area contributed by atoms with Crippen LogP contribution in [0.25, 0.3) is 0 Å². The highest BCUT2D eigenvalue weighted by Gasteiger charge is 2.06. The number of hydrogen-bond donors (Lipinski definition) is 1. The van der Waals surface area contributed by atoms with Crippen LogP contribution in [0.15, 0.2) is 18.3 Å². The van der Waals surface area contributed by atoms with Gasteiger partial charge in [0.25, 0.3) is 0 Å². The lowest BCUT2D eigenvalue weighted by Crippen LogP contribution is -2.23. The van der Waals surface area contributed by atoms with Crippen molar-refractivity contribution in [3.05, 3.63) is 18.3 Å². The number of nitrogens with zero attached hydrogens (tertiary/aromatic N) is 3. The third kappa shape index (κ3) is 2.63. The van der Waals surface area contributed by atoms with Crippen molar-refractivity contribution in [3.63, 3.8) is 0 Å².